The van der Waals surface area contributed by atoms with Crippen molar-refractivity contribution in [1.82, 2.24) is 19.1 Å². The molecule has 0 spiro atoms. The van der Waals surface area contributed by atoms with Gasteiger partial charge in [-0.2, -0.15) is 0 Å². The average Bonchev–Trinajstić information content (AvgIpc) is 3.14. The summed E-state index contributed by atoms with van der Waals surface area (Å²) < 4.78 is 8.88. The standard InChI is InChI=1S/C26H35N5O2/c1-18-9-11-20(12-10-18)28-24-27-14-13-22(29-24)23-16-30(26(3,4)17-33-5)25(32)31(23)21-8-6-7-19(2)15-21/h6-8,13-16,18,20H,9-12,17H2,1-5H3,(H,27,28,29)/t18-,20-. The quantitative estimate of drug-likeness (QED) is 0.562. The van der Waals surface area contributed by atoms with Gasteiger partial charge in [-0.05, 0) is 76.1 Å². The summed E-state index contributed by atoms with van der Waals surface area (Å²) in [5.74, 6) is 1.40. The van der Waals surface area contributed by atoms with Crippen molar-refractivity contribution in [3.63, 3.8) is 0 Å². The van der Waals surface area contributed by atoms with Gasteiger partial charge < -0.3 is 10.1 Å². The number of imidazole rings is 1. The maximum absolute atomic E-state index is 13.6. The molecule has 0 bridgehead atoms. The van der Waals surface area contributed by atoms with Crippen molar-refractivity contribution in [2.45, 2.75) is 65.0 Å². The van der Waals surface area contributed by atoms with Crippen LogP contribution in [0.4, 0.5) is 5.95 Å². The van der Waals surface area contributed by atoms with E-state index < -0.39 is 5.54 Å². The van der Waals surface area contributed by atoms with Crippen molar-refractivity contribution in [3.8, 4) is 17.1 Å². The van der Waals surface area contributed by atoms with Gasteiger partial charge in [0.05, 0.1) is 29.2 Å². The molecule has 4 rings (SSSR count). The van der Waals surface area contributed by atoms with Gasteiger partial charge in [-0.3, -0.25) is 9.13 Å². The normalized spacial score (nSPS) is 18.9. The molecule has 0 atom stereocenters. The van der Waals surface area contributed by atoms with Gasteiger partial charge in [0.25, 0.3) is 0 Å². The molecule has 1 saturated carbocycles. The zero-order valence-corrected chi connectivity index (χ0v) is 20.3. The summed E-state index contributed by atoms with van der Waals surface area (Å²) >= 11 is 0. The van der Waals surface area contributed by atoms with Crippen molar-refractivity contribution in [2.24, 2.45) is 5.92 Å². The highest BCUT2D eigenvalue weighted by molar-refractivity contribution is 5.59. The fourth-order valence-electron chi connectivity index (χ4n) is 4.66. The third kappa shape index (κ3) is 5.03. The van der Waals surface area contributed by atoms with Crippen LogP contribution in [0.25, 0.3) is 17.1 Å². The Morgan fingerprint density at radius 3 is 2.64 bits per heavy atom. The van der Waals surface area contributed by atoms with Crippen LogP contribution in [0.2, 0.25) is 0 Å². The SMILES string of the molecule is COCC(C)(C)n1cc(-c2ccnc(N[C@H]3CC[C@H](C)CC3)n2)n(-c2cccc(C)c2)c1=O. The lowest BCUT2D eigenvalue weighted by Crippen LogP contribution is -2.39. The Morgan fingerprint density at radius 1 is 1.18 bits per heavy atom. The highest BCUT2D eigenvalue weighted by Crippen LogP contribution is 2.27. The Balaban J connectivity index is 1.77. The average molecular weight is 450 g/mol. The number of aryl methyl sites for hydroxylation is 1. The van der Waals surface area contributed by atoms with Crippen LogP contribution in [0.5, 0.6) is 0 Å². The molecule has 0 radical (unpaired) electrons. The zero-order chi connectivity index (χ0) is 23.6. The fourth-order valence-corrected chi connectivity index (χ4v) is 4.66. The predicted molar refractivity (Wildman–Crippen MR) is 132 cm³/mol. The summed E-state index contributed by atoms with van der Waals surface area (Å²) in [4.78, 5) is 22.9. The number of rotatable bonds is 7. The number of benzene rings is 1. The topological polar surface area (TPSA) is 74.0 Å². The maximum Gasteiger partial charge on any atom is 0.333 e. The minimum absolute atomic E-state index is 0.118. The molecule has 0 aliphatic heterocycles. The summed E-state index contributed by atoms with van der Waals surface area (Å²) in [6.45, 7) is 8.75. The largest absolute Gasteiger partial charge is 0.382 e. The number of hydrogen-bond acceptors (Lipinski definition) is 5. The minimum atomic E-state index is -0.511. The lowest BCUT2D eigenvalue weighted by atomic mass is 9.87. The molecule has 1 aromatic carbocycles. The van der Waals surface area contributed by atoms with Crippen LogP contribution in [0.15, 0.2) is 47.5 Å². The molecular weight excluding hydrogens is 414 g/mol. The summed E-state index contributed by atoms with van der Waals surface area (Å²) in [6, 6.07) is 10.2. The van der Waals surface area contributed by atoms with E-state index in [9.17, 15) is 4.79 Å². The second-order valence-electron chi connectivity index (χ2n) is 9.95. The number of ether oxygens (including phenoxy) is 1. The van der Waals surface area contributed by atoms with Crippen molar-refractivity contribution >= 4 is 5.95 Å². The van der Waals surface area contributed by atoms with Crippen LogP contribution in [0.1, 0.15) is 52.0 Å². The summed E-state index contributed by atoms with van der Waals surface area (Å²) in [5, 5.41) is 3.52. The van der Waals surface area contributed by atoms with E-state index in [1.54, 1.807) is 22.4 Å². The van der Waals surface area contributed by atoms with Crippen LogP contribution in [-0.2, 0) is 10.3 Å². The van der Waals surface area contributed by atoms with E-state index >= 15 is 0 Å². The molecule has 1 fully saturated rings. The Hall–Kier alpha value is -2.93. The molecule has 0 amide bonds. The van der Waals surface area contributed by atoms with Crippen LogP contribution in [0.3, 0.4) is 0 Å². The van der Waals surface area contributed by atoms with E-state index in [1.807, 2.05) is 57.3 Å². The molecule has 2 heterocycles. The second-order valence-corrected chi connectivity index (χ2v) is 9.95. The van der Waals surface area contributed by atoms with E-state index in [0.717, 1.165) is 35.7 Å². The minimum Gasteiger partial charge on any atom is -0.382 e. The summed E-state index contributed by atoms with van der Waals surface area (Å²) in [7, 11) is 1.65. The lowest BCUT2D eigenvalue weighted by molar-refractivity contribution is 0.107. The van der Waals surface area contributed by atoms with Crippen LogP contribution in [0, 0.1) is 12.8 Å². The van der Waals surface area contributed by atoms with E-state index in [1.165, 1.54) is 12.8 Å². The van der Waals surface area contributed by atoms with Crippen molar-refractivity contribution in [2.75, 3.05) is 19.0 Å². The Bertz CT molecular complexity index is 1160. The lowest BCUT2D eigenvalue weighted by Gasteiger charge is -2.26. The van der Waals surface area contributed by atoms with Crippen molar-refractivity contribution in [3.05, 3.63) is 58.8 Å². The number of aromatic nitrogens is 4. The zero-order valence-electron chi connectivity index (χ0n) is 20.3. The molecule has 7 heteroatoms. The number of nitrogens with zero attached hydrogens (tertiary/aromatic N) is 4. The molecule has 1 aliphatic carbocycles. The van der Waals surface area contributed by atoms with Gasteiger partial charge in [0.2, 0.25) is 5.95 Å². The summed E-state index contributed by atoms with van der Waals surface area (Å²) in [5.41, 5.74) is 2.72. The molecule has 3 aromatic rings. The molecule has 1 aliphatic rings. The molecule has 0 saturated heterocycles. The van der Waals surface area contributed by atoms with Gasteiger partial charge in [0.15, 0.2) is 0 Å². The molecule has 176 valence electrons. The Kier molecular flexibility index (Phi) is 6.70. The van der Waals surface area contributed by atoms with Crippen LogP contribution < -0.4 is 11.0 Å². The van der Waals surface area contributed by atoms with Crippen molar-refractivity contribution < 1.29 is 4.74 Å². The van der Waals surface area contributed by atoms with Crippen LogP contribution in [-0.4, -0.2) is 38.9 Å². The second kappa shape index (κ2) is 9.51. The molecule has 2 aromatic heterocycles. The first-order chi connectivity index (χ1) is 15.8. The number of anilines is 1. The van der Waals surface area contributed by atoms with Gasteiger partial charge in [0, 0.05) is 25.5 Å². The summed E-state index contributed by atoms with van der Waals surface area (Å²) in [6.07, 6.45) is 8.36. The van der Waals surface area contributed by atoms with Gasteiger partial charge in [-0.15, -0.1) is 0 Å². The number of nitrogens with one attached hydrogen (secondary N) is 1. The Morgan fingerprint density at radius 2 is 1.94 bits per heavy atom. The van der Waals surface area contributed by atoms with Gasteiger partial charge in [-0.1, -0.05) is 19.1 Å². The number of methoxy groups -OCH3 is 1. The Labute approximate surface area is 195 Å². The first-order valence-corrected chi connectivity index (χ1v) is 11.8. The van der Waals surface area contributed by atoms with Crippen LogP contribution >= 0.6 is 0 Å². The van der Waals surface area contributed by atoms with Gasteiger partial charge in [0.1, 0.15) is 0 Å². The third-order valence-corrected chi connectivity index (χ3v) is 6.57. The highest BCUT2D eigenvalue weighted by Gasteiger charge is 2.27. The van der Waals surface area contributed by atoms with Gasteiger partial charge >= 0.3 is 5.69 Å². The smallest absolute Gasteiger partial charge is 0.333 e. The van der Waals surface area contributed by atoms with Crippen molar-refractivity contribution in [1.29, 1.82) is 0 Å². The predicted octanol–water partition coefficient (Wildman–Crippen LogP) is 4.78. The van der Waals surface area contributed by atoms with E-state index in [4.69, 9.17) is 9.72 Å². The monoisotopic (exact) mass is 449 g/mol. The molecule has 33 heavy (non-hydrogen) atoms. The first kappa shape index (κ1) is 23.2. The third-order valence-electron chi connectivity index (χ3n) is 6.57. The number of hydrogen-bond donors (Lipinski definition) is 1. The molecule has 1 N–H and O–H groups in total. The fraction of sp³-hybridized carbons (Fsp3) is 0.500. The van der Waals surface area contributed by atoms with E-state index in [2.05, 4.69) is 17.2 Å². The first-order valence-electron chi connectivity index (χ1n) is 11.8. The maximum atomic E-state index is 13.6. The molecule has 0 unspecified atom stereocenters. The van der Waals surface area contributed by atoms with E-state index in [-0.39, 0.29) is 5.69 Å². The molecular formula is C26H35N5O2. The van der Waals surface area contributed by atoms with Gasteiger partial charge in [-0.25, -0.2) is 14.8 Å². The molecule has 7 nitrogen and oxygen atoms in total. The van der Waals surface area contributed by atoms with E-state index in [0.29, 0.717) is 24.3 Å². The highest BCUT2D eigenvalue weighted by atomic mass is 16.5.